The maximum atomic E-state index is 13.6. The van der Waals surface area contributed by atoms with E-state index in [0.717, 1.165) is 18.4 Å². The normalized spacial score (nSPS) is 15.2. The number of halogens is 1. The van der Waals surface area contributed by atoms with Crippen molar-refractivity contribution in [2.45, 2.75) is 42.8 Å². The Bertz CT molecular complexity index is 1580. The first-order valence-corrected chi connectivity index (χ1v) is 14.9. The van der Waals surface area contributed by atoms with Crippen LogP contribution in [0.1, 0.15) is 53.2 Å². The summed E-state index contributed by atoms with van der Waals surface area (Å²) in [5.41, 5.74) is 1.44. The van der Waals surface area contributed by atoms with Crippen LogP contribution < -0.4 is 9.64 Å². The first-order chi connectivity index (χ1) is 19.4. The Balaban J connectivity index is 1.50. The number of aromatic nitrogens is 2. The fraction of sp³-hybridized carbons (Fsp3) is 0.241. The molecule has 1 N–H and O–H groups in total. The van der Waals surface area contributed by atoms with Crippen LogP contribution in [0, 0.1) is 6.92 Å². The Kier molecular flexibility index (Phi) is 8.58. The van der Waals surface area contributed by atoms with Crippen molar-refractivity contribution in [1.29, 1.82) is 0 Å². The highest BCUT2D eigenvalue weighted by Crippen LogP contribution is 2.44. The van der Waals surface area contributed by atoms with Crippen molar-refractivity contribution in [2.24, 2.45) is 0 Å². The Morgan fingerprint density at radius 3 is 2.75 bits per heavy atom. The second kappa shape index (κ2) is 12.3. The number of Topliss-reactive ketones (excluding diaryl/α,β-unsaturated/α-hetero) is 1. The number of aliphatic hydroxyl groups excluding tert-OH is 1. The zero-order valence-electron chi connectivity index (χ0n) is 21.8. The van der Waals surface area contributed by atoms with Gasteiger partial charge in [0.1, 0.15) is 11.5 Å². The molecule has 1 amide bonds. The SMILES string of the molecule is CCCCOc1cccc(C2C(C(=O)c3ccc(C)o3)=C(O)C(=O)N2c2nnc(SCc3ccccc3Cl)s2)c1. The van der Waals surface area contributed by atoms with Crippen LogP contribution in [0.3, 0.4) is 0 Å². The molecule has 40 heavy (non-hydrogen) atoms. The second-order valence-electron chi connectivity index (χ2n) is 9.08. The molecule has 1 atom stereocenters. The zero-order valence-corrected chi connectivity index (χ0v) is 24.2. The lowest BCUT2D eigenvalue weighted by atomic mass is 9.95. The third-order valence-electron chi connectivity index (χ3n) is 6.27. The lowest BCUT2D eigenvalue weighted by Gasteiger charge is -2.24. The molecule has 206 valence electrons. The predicted octanol–water partition coefficient (Wildman–Crippen LogP) is 7.35. The number of thioether (sulfide) groups is 1. The van der Waals surface area contributed by atoms with Gasteiger partial charge in [0.2, 0.25) is 10.9 Å². The van der Waals surface area contributed by atoms with Crippen LogP contribution >= 0.6 is 34.7 Å². The molecule has 0 bridgehead atoms. The summed E-state index contributed by atoms with van der Waals surface area (Å²) in [6, 6.07) is 16.9. The third-order valence-corrected chi connectivity index (χ3v) is 8.74. The van der Waals surface area contributed by atoms with E-state index in [0.29, 0.717) is 38.8 Å². The number of nitrogens with zero attached hydrogens (tertiary/aromatic N) is 3. The van der Waals surface area contributed by atoms with E-state index in [2.05, 4.69) is 17.1 Å². The molecule has 0 saturated carbocycles. The molecule has 2 aromatic heterocycles. The van der Waals surface area contributed by atoms with E-state index in [1.165, 1.54) is 34.1 Å². The third kappa shape index (κ3) is 5.79. The van der Waals surface area contributed by atoms with Gasteiger partial charge in [-0.3, -0.25) is 14.5 Å². The number of carbonyl (C=O) groups excluding carboxylic acids is 2. The van der Waals surface area contributed by atoms with Crippen LogP contribution in [-0.4, -0.2) is 33.6 Å². The summed E-state index contributed by atoms with van der Waals surface area (Å²) < 4.78 is 12.1. The van der Waals surface area contributed by atoms with Gasteiger partial charge in [-0.1, -0.05) is 78.4 Å². The lowest BCUT2D eigenvalue weighted by Crippen LogP contribution is -2.31. The molecule has 1 unspecified atom stereocenters. The number of hydrogen-bond acceptors (Lipinski definition) is 9. The van der Waals surface area contributed by atoms with Gasteiger partial charge >= 0.3 is 0 Å². The van der Waals surface area contributed by atoms with Crippen molar-refractivity contribution in [3.05, 3.63) is 99.7 Å². The number of furan rings is 1. The first-order valence-electron chi connectivity index (χ1n) is 12.7. The molecule has 0 saturated heterocycles. The predicted molar refractivity (Wildman–Crippen MR) is 155 cm³/mol. The van der Waals surface area contributed by atoms with E-state index in [1.807, 2.05) is 30.3 Å². The summed E-state index contributed by atoms with van der Waals surface area (Å²) in [7, 11) is 0. The average molecular weight is 596 g/mol. The van der Waals surface area contributed by atoms with E-state index >= 15 is 0 Å². The summed E-state index contributed by atoms with van der Waals surface area (Å²) >= 11 is 8.91. The summed E-state index contributed by atoms with van der Waals surface area (Å²) in [4.78, 5) is 28.4. The Hall–Kier alpha value is -3.60. The molecule has 4 aromatic rings. The van der Waals surface area contributed by atoms with Gasteiger partial charge in [-0.05, 0) is 54.8 Å². The first kappa shape index (κ1) is 27.9. The minimum absolute atomic E-state index is 0.0299. The lowest BCUT2D eigenvalue weighted by molar-refractivity contribution is -0.117. The quantitative estimate of drug-likeness (QED) is 0.0830. The number of amides is 1. The highest BCUT2D eigenvalue weighted by Gasteiger charge is 2.46. The maximum Gasteiger partial charge on any atom is 0.296 e. The highest BCUT2D eigenvalue weighted by atomic mass is 35.5. The van der Waals surface area contributed by atoms with Gasteiger partial charge in [0, 0.05) is 10.8 Å². The number of benzene rings is 2. The number of hydrogen-bond donors (Lipinski definition) is 1. The Morgan fingerprint density at radius 2 is 2.00 bits per heavy atom. The highest BCUT2D eigenvalue weighted by molar-refractivity contribution is 8.00. The minimum atomic E-state index is -0.963. The molecule has 0 spiro atoms. The molecule has 3 heterocycles. The fourth-order valence-corrected chi connectivity index (χ4v) is 6.41. The zero-order chi connectivity index (χ0) is 28.2. The molecule has 0 radical (unpaired) electrons. The smallest absolute Gasteiger partial charge is 0.296 e. The van der Waals surface area contributed by atoms with Gasteiger partial charge in [-0.15, -0.1) is 10.2 Å². The van der Waals surface area contributed by atoms with Crippen LogP contribution in [-0.2, 0) is 10.5 Å². The van der Waals surface area contributed by atoms with Crippen LogP contribution in [0.5, 0.6) is 5.75 Å². The van der Waals surface area contributed by atoms with E-state index in [-0.39, 0.29) is 16.5 Å². The van der Waals surface area contributed by atoms with Crippen LogP contribution in [0.25, 0.3) is 0 Å². The van der Waals surface area contributed by atoms with Crippen molar-refractivity contribution in [3.8, 4) is 5.75 Å². The molecular weight excluding hydrogens is 570 g/mol. The summed E-state index contributed by atoms with van der Waals surface area (Å²) in [5.74, 6) is -0.248. The molecule has 1 aliphatic heterocycles. The number of carbonyl (C=O) groups is 2. The number of aryl methyl sites for hydroxylation is 1. The summed E-state index contributed by atoms with van der Waals surface area (Å²) in [6.07, 6.45) is 1.87. The molecular formula is C29H26ClN3O5S2. The van der Waals surface area contributed by atoms with Crippen LogP contribution in [0.15, 0.2) is 80.8 Å². The number of aliphatic hydroxyl groups is 1. The largest absolute Gasteiger partial charge is 0.503 e. The van der Waals surface area contributed by atoms with Gasteiger partial charge < -0.3 is 14.3 Å². The van der Waals surface area contributed by atoms with Gasteiger partial charge in [0.25, 0.3) is 5.91 Å². The molecule has 0 fully saturated rings. The molecule has 2 aromatic carbocycles. The van der Waals surface area contributed by atoms with Gasteiger partial charge in [-0.25, -0.2) is 0 Å². The Morgan fingerprint density at radius 1 is 1.18 bits per heavy atom. The molecule has 1 aliphatic rings. The minimum Gasteiger partial charge on any atom is -0.503 e. The van der Waals surface area contributed by atoms with Crippen LogP contribution in [0.4, 0.5) is 5.13 Å². The number of unbranched alkanes of at least 4 members (excludes halogenated alkanes) is 1. The fourth-order valence-electron chi connectivity index (χ4n) is 4.26. The number of rotatable bonds is 11. The van der Waals surface area contributed by atoms with E-state index < -0.39 is 23.5 Å². The van der Waals surface area contributed by atoms with Crippen molar-refractivity contribution in [1.82, 2.24) is 10.2 Å². The molecule has 11 heteroatoms. The number of ether oxygens (including phenoxy) is 1. The van der Waals surface area contributed by atoms with Crippen molar-refractivity contribution < 1.29 is 23.8 Å². The second-order valence-corrected chi connectivity index (χ2v) is 11.7. The van der Waals surface area contributed by atoms with Crippen molar-refractivity contribution in [3.63, 3.8) is 0 Å². The number of anilines is 1. The molecule has 8 nitrogen and oxygen atoms in total. The van der Waals surface area contributed by atoms with E-state index in [1.54, 1.807) is 31.2 Å². The topological polar surface area (TPSA) is 106 Å². The van der Waals surface area contributed by atoms with Gasteiger partial charge in [0.15, 0.2) is 15.9 Å². The monoisotopic (exact) mass is 595 g/mol. The summed E-state index contributed by atoms with van der Waals surface area (Å²) in [6.45, 7) is 4.33. The van der Waals surface area contributed by atoms with Crippen molar-refractivity contribution >= 4 is 51.5 Å². The average Bonchev–Trinajstić information content (AvgIpc) is 3.66. The van der Waals surface area contributed by atoms with Crippen LogP contribution in [0.2, 0.25) is 5.02 Å². The van der Waals surface area contributed by atoms with Gasteiger partial charge in [-0.2, -0.15) is 0 Å². The number of ketones is 1. The maximum absolute atomic E-state index is 13.6. The van der Waals surface area contributed by atoms with Crippen molar-refractivity contribution in [2.75, 3.05) is 11.5 Å². The Labute approximate surface area is 244 Å². The van der Waals surface area contributed by atoms with Gasteiger partial charge in [0.05, 0.1) is 18.2 Å². The van der Waals surface area contributed by atoms with E-state index in [9.17, 15) is 14.7 Å². The van der Waals surface area contributed by atoms with E-state index in [4.69, 9.17) is 20.8 Å². The molecule has 5 rings (SSSR count). The molecule has 0 aliphatic carbocycles. The standard InChI is InChI=1S/C29H26ClN3O5S2/c1-3-4-14-37-20-10-7-9-18(15-20)24-23(25(34)22-13-12-17(2)38-22)26(35)27(36)33(24)28-31-32-29(40-28)39-16-19-8-5-6-11-21(19)30/h5-13,15,24,35H,3-4,14,16H2,1-2H3. The summed E-state index contributed by atoms with van der Waals surface area (Å²) in [5, 5.41) is 20.4.